The third-order valence-electron chi connectivity index (χ3n) is 9.79. The van der Waals surface area contributed by atoms with Gasteiger partial charge in [0.05, 0.1) is 24.4 Å². The number of halogens is 5. The van der Waals surface area contributed by atoms with E-state index in [1.807, 2.05) is 0 Å². The van der Waals surface area contributed by atoms with Crippen molar-refractivity contribution in [3.05, 3.63) is 63.4 Å². The summed E-state index contributed by atoms with van der Waals surface area (Å²) < 4.78 is 44.4. The molecule has 3 fully saturated rings. The molecule has 0 unspecified atom stereocenters. The van der Waals surface area contributed by atoms with E-state index in [4.69, 9.17) is 23.2 Å². The zero-order chi connectivity index (χ0) is 30.2. The number of hydrogen-bond acceptors (Lipinski definition) is 4. The van der Waals surface area contributed by atoms with E-state index in [0.717, 1.165) is 0 Å². The van der Waals surface area contributed by atoms with Gasteiger partial charge in [-0.1, -0.05) is 41.4 Å². The van der Waals surface area contributed by atoms with Gasteiger partial charge in [-0.05, 0) is 55.0 Å². The zero-order valence-electron chi connectivity index (χ0n) is 23.1. The van der Waals surface area contributed by atoms with Crippen LogP contribution in [0.5, 0.6) is 0 Å². The second kappa shape index (κ2) is 10.1. The topological polar surface area (TPSA) is 90.5 Å². The molecule has 2 aromatic carbocycles. The molecule has 2 saturated carbocycles. The molecule has 2 heterocycles. The standard InChI is InChI=1S/C30H31Cl2F3N4O3/c1-39(2)26(41)15-8-17(9-15)36-25(40)24-22(18-4-3-5-20(32)23(18)35)30(29(38-24)11-28(12-29,13-33)14-34)19-7-6-16(31)10-21(19)37-27(30)42/h3-7,10,15,17,22,24,38H,8-9,11-14H2,1-2H3,(H,36,40)(H,37,42)/t15-,17-,22-,24+,30+/m0/s1. The lowest BCUT2D eigenvalue weighted by atomic mass is 9.46. The van der Waals surface area contributed by atoms with Crippen LogP contribution in [0, 0.1) is 17.2 Å². The van der Waals surface area contributed by atoms with Crippen molar-refractivity contribution in [2.75, 3.05) is 32.8 Å². The van der Waals surface area contributed by atoms with Gasteiger partial charge in [0.2, 0.25) is 17.7 Å². The molecule has 0 aromatic heterocycles. The van der Waals surface area contributed by atoms with E-state index in [2.05, 4.69) is 16.0 Å². The van der Waals surface area contributed by atoms with Crippen LogP contribution in [0.4, 0.5) is 18.9 Å². The maximum absolute atomic E-state index is 15.9. The zero-order valence-corrected chi connectivity index (χ0v) is 24.6. The number of hydrogen-bond donors (Lipinski definition) is 3. The van der Waals surface area contributed by atoms with Crippen molar-refractivity contribution in [1.29, 1.82) is 0 Å². The normalized spacial score (nSPS) is 29.9. The highest BCUT2D eigenvalue weighted by atomic mass is 35.5. The summed E-state index contributed by atoms with van der Waals surface area (Å²) in [6, 6.07) is 7.77. The van der Waals surface area contributed by atoms with Crippen LogP contribution in [0.1, 0.15) is 42.7 Å². The summed E-state index contributed by atoms with van der Waals surface area (Å²) in [5, 5.41) is 9.33. The van der Waals surface area contributed by atoms with E-state index in [1.165, 1.54) is 17.0 Å². The molecule has 7 nitrogen and oxygen atoms in total. The molecule has 12 heteroatoms. The molecule has 6 rings (SSSR count). The van der Waals surface area contributed by atoms with E-state index in [0.29, 0.717) is 29.1 Å². The second-order valence-corrected chi connectivity index (χ2v) is 13.3. The molecule has 2 spiro atoms. The molecule has 3 N–H and O–H groups in total. The first-order chi connectivity index (χ1) is 19.9. The molecule has 0 bridgehead atoms. The van der Waals surface area contributed by atoms with E-state index in [-0.39, 0.29) is 41.3 Å². The Morgan fingerprint density at radius 2 is 1.79 bits per heavy atom. The fourth-order valence-corrected chi connectivity index (χ4v) is 8.31. The van der Waals surface area contributed by atoms with E-state index in [9.17, 15) is 23.2 Å². The molecule has 224 valence electrons. The van der Waals surface area contributed by atoms with Gasteiger partial charge in [-0.15, -0.1) is 0 Å². The third-order valence-corrected chi connectivity index (χ3v) is 10.3. The summed E-state index contributed by atoms with van der Waals surface area (Å²) in [4.78, 5) is 42.2. The van der Waals surface area contributed by atoms with Crippen molar-refractivity contribution in [2.24, 2.45) is 11.3 Å². The minimum absolute atomic E-state index is 0.0302. The fourth-order valence-electron chi connectivity index (χ4n) is 7.95. The Bertz CT molecular complexity index is 1470. The minimum atomic E-state index is -1.61. The first kappa shape index (κ1) is 29.3. The molecule has 42 heavy (non-hydrogen) atoms. The van der Waals surface area contributed by atoms with Gasteiger partial charge in [0, 0.05) is 53.6 Å². The number of anilines is 1. The van der Waals surface area contributed by atoms with Gasteiger partial charge in [0.25, 0.3) is 0 Å². The highest BCUT2D eigenvalue weighted by Crippen LogP contribution is 2.68. The first-order valence-electron chi connectivity index (χ1n) is 13.9. The number of rotatable bonds is 6. The van der Waals surface area contributed by atoms with E-state index in [1.54, 1.807) is 38.4 Å². The lowest BCUT2D eigenvalue weighted by Gasteiger charge is -2.59. The Morgan fingerprint density at radius 3 is 2.43 bits per heavy atom. The molecule has 3 amide bonds. The van der Waals surface area contributed by atoms with Crippen LogP contribution in [0.3, 0.4) is 0 Å². The van der Waals surface area contributed by atoms with Crippen LogP contribution in [-0.4, -0.2) is 67.7 Å². The van der Waals surface area contributed by atoms with Crippen molar-refractivity contribution >= 4 is 46.6 Å². The van der Waals surface area contributed by atoms with Crippen LogP contribution >= 0.6 is 23.2 Å². The predicted molar refractivity (Wildman–Crippen MR) is 153 cm³/mol. The maximum atomic E-state index is 15.9. The number of fused-ring (bicyclic) bond motifs is 3. The number of benzene rings is 2. The van der Waals surface area contributed by atoms with Crippen molar-refractivity contribution in [3.63, 3.8) is 0 Å². The smallest absolute Gasteiger partial charge is 0.238 e. The van der Waals surface area contributed by atoms with Crippen molar-refractivity contribution < 1.29 is 27.6 Å². The number of nitrogens with one attached hydrogen (secondary N) is 3. The molecule has 2 aromatic rings. The SMILES string of the molecule is CN(C)C(=O)[C@H]1C[C@H](NC(=O)[C@@H]2NC3(CC(CF)(CF)C3)[C@@]3(C(=O)Nc4cc(Cl)ccc43)[C@H]2c2cccc(Cl)c2F)C1. The summed E-state index contributed by atoms with van der Waals surface area (Å²) in [6.45, 7) is -1.90. The van der Waals surface area contributed by atoms with E-state index >= 15 is 4.39 Å². The van der Waals surface area contributed by atoms with E-state index < -0.39 is 59.3 Å². The van der Waals surface area contributed by atoms with Crippen LogP contribution in [-0.2, 0) is 19.8 Å². The molecule has 0 radical (unpaired) electrons. The average Bonchev–Trinajstić information content (AvgIpc) is 3.38. The molecule has 3 atom stereocenters. The van der Waals surface area contributed by atoms with Crippen LogP contribution < -0.4 is 16.0 Å². The van der Waals surface area contributed by atoms with Crippen molar-refractivity contribution in [2.45, 2.75) is 54.6 Å². The average molecular weight is 624 g/mol. The van der Waals surface area contributed by atoms with Gasteiger partial charge in [0.15, 0.2) is 0 Å². The fraction of sp³-hybridized carbons (Fsp3) is 0.500. The Hall–Kier alpha value is -2.82. The molecular weight excluding hydrogens is 592 g/mol. The summed E-state index contributed by atoms with van der Waals surface area (Å²) in [7, 11) is 3.34. The lowest BCUT2D eigenvalue weighted by molar-refractivity contribution is -0.138. The first-order valence-corrected chi connectivity index (χ1v) is 14.6. The number of carbonyl (C=O) groups excluding carboxylic acids is 3. The van der Waals surface area contributed by atoms with Crippen molar-refractivity contribution in [1.82, 2.24) is 15.5 Å². The summed E-state index contributed by atoms with van der Waals surface area (Å²) >= 11 is 12.5. The quantitative estimate of drug-likeness (QED) is 0.442. The summed E-state index contributed by atoms with van der Waals surface area (Å²) in [5.74, 6) is -3.17. The molecule has 4 aliphatic rings. The second-order valence-electron chi connectivity index (χ2n) is 12.5. The predicted octanol–water partition coefficient (Wildman–Crippen LogP) is 4.52. The number of carbonyl (C=O) groups is 3. The van der Waals surface area contributed by atoms with Gasteiger partial charge in [-0.25, -0.2) is 4.39 Å². The van der Waals surface area contributed by atoms with Gasteiger partial charge < -0.3 is 15.5 Å². The summed E-state index contributed by atoms with van der Waals surface area (Å²) in [6.07, 6.45) is 0.703. The van der Waals surface area contributed by atoms with Crippen LogP contribution in [0.15, 0.2) is 36.4 Å². The largest absolute Gasteiger partial charge is 0.352 e. The molecule has 2 aliphatic carbocycles. The number of alkyl halides is 2. The lowest BCUT2D eigenvalue weighted by Crippen LogP contribution is -2.70. The van der Waals surface area contributed by atoms with Crippen molar-refractivity contribution in [3.8, 4) is 0 Å². The van der Waals surface area contributed by atoms with Crippen LogP contribution in [0.25, 0.3) is 0 Å². The minimum Gasteiger partial charge on any atom is -0.352 e. The Morgan fingerprint density at radius 1 is 1.10 bits per heavy atom. The van der Waals surface area contributed by atoms with Gasteiger partial charge in [-0.2, -0.15) is 0 Å². The number of amides is 3. The third kappa shape index (κ3) is 4.01. The molecular formula is C30H31Cl2F3N4O3. The van der Waals surface area contributed by atoms with Gasteiger partial charge >= 0.3 is 0 Å². The Balaban J connectivity index is 1.47. The van der Waals surface area contributed by atoms with Gasteiger partial charge in [0.1, 0.15) is 11.2 Å². The van der Waals surface area contributed by atoms with Gasteiger partial charge in [-0.3, -0.25) is 28.5 Å². The maximum Gasteiger partial charge on any atom is 0.238 e. The molecule has 2 aliphatic heterocycles. The number of nitrogens with zero attached hydrogens (tertiary/aromatic N) is 1. The summed E-state index contributed by atoms with van der Waals surface area (Å²) in [5.41, 5.74) is -3.33. The monoisotopic (exact) mass is 622 g/mol. The highest BCUT2D eigenvalue weighted by Gasteiger charge is 2.78. The Labute approximate surface area is 251 Å². The Kier molecular flexibility index (Phi) is 7.06. The van der Waals surface area contributed by atoms with Crippen LogP contribution in [0.2, 0.25) is 10.0 Å². The highest BCUT2D eigenvalue weighted by molar-refractivity contribution is 6.31. The molecule has 1 saturated heterocycles.